The van der Waals surface area contributed by atoms with Gasteiger partial charge in [-0.1, -0.05) is 0 Å². The molecule has 1 fully saturated rings. The highest BCUT2D eigenvalue weighted by molar-refractivity contribution is 7.99. The molecule has 0 spiro atoms. The van der Waals surface area contributed by atoms with Gasteiger partial charge in [-0.15, -0.1) is 5.10 Å². The Balaban J connectivity index is 1.22. The quantitative estimate of drug-likeness (QED) is 0.305. The topological polar surface area (TPSA) is 123 Å². The molecule has 34 heavy (non-hydrogen) atoms. The number of aliphatic hydroxyl groups is 1. The molecule has 1 saturated heterocycles. The maximum Gasteiger partial charge on any atom is 0.225 e. The monoisotopic (exact) mass is 478 g/mol. The second-order valence-electron chi connectivity index (χ2n) is 8.31. The van der Waals surface area contributed by atoms with Crippen LogP contribution >= 0.6 is 11.8 Å². The Morgan fingerprint density at radius 3 is 2.88 bits per heavy atom. The highest BCUT2D eigenvalue weighted by atomic mass is 32.2. The fourth-order valence-electron chi connectivity index (χ4n) is 3.86. The first-order chi connectivity index (χ1) is 16.5. The number of H-pyrrole nitrogens is 1. The number of aliphatic hydroxyl groups excluding tert-OH is 1. The van der Waals surface area contributed by atoms with E-state index >= 15 is 0 Å². The van der Waals surface area contributed by atoms with E-state index in [9.17, 15) is 9.90 Å². The van der Waals surface area contributed by atoms with Crippen molar-refractivity contribution in [3.63, 3.8) is 0 Å². The minimum atomic E-state index is -0.267. The fourth-order valence-corrected chi connectivity index (χ4v) is 4.61. The number of hydrogen-bond acceptors (Lipinski definition) is 8. The Morgan fingerprint density at radius 2 is 2.15 bits per heavy atom. The number of aryl methyl sites for hydroxylation is 1. The molecule has 4 N–H and O–H groups in total. The third-order valence-corrected chi connectivity index (χ3v) is 6.44. The zero-order valence-electron chi connectivity index (χ0n) is 18.7. The summed E-state index contributed by atoms with van der Waals surface area (Å²) in [6.07, 6.45) is 2.79. The van der Waals surface area contributed by atoms with Gasteiger partial charge in [0.15, 0.2) is 11.6 Å². The number of amides is 1. The molecular formula is C23H26N8O2S. The predicted octanol–water partition coefficient (Wildman–Crippen LogP) is 3.05. The molecule has 10 nitrogen and oxygen atoms in total. The fraction of sp³-hybridized carbons (Fsp3) is 0.304. The van der Waals surface area contributed by atoms with Crippen LogP contribution in [0.25, 0.3) is 5.52 Å². The van der Waals surface area contributed by atoms with Crippen LogP contribution in [0.1, 0.15) is 18.5 Å². The molecule has 1 aliphatic rings. The highest BCUT2D eigenvalue weighted by Gasteiger charge is 2.20. The van der Waals surface area contributed by atoms with E-state index in [4.69, 9.17) is 0 Å². The number of aromatic nitrogens is 5. The van der Waals surface area contributed by atoms with Gasteiger partial charge in [0.05, 0.1) is 6.10 Å². The van der Waals surface area contributed by atoms with E-state index in [1.807, 2.05) is 55.6 Å². The molecule has 176 valence electrons. The summed E-state index contributed by atoms with van der Waals surface area (Å²) in [5, 5.41) is 28.1. The van der Waals surface area contributed by atoms with Crippen molar-refractivity contribution in [1.29, 1.82) is 0 Å². The summed E-state index contributed by atoms with van der Waals surface area (Å²) in [5.74, 6) is 1.33. The van der Waals surface area contributed by atoms with Crippen molar-refractivity contribution in [3.8, 4) is 0 Å². The van der Waals surface area contributed by atoms with Crippen molar-refractivity contribution >= 4 is 40.5 Å². The molecule has 11 heteroatoms. The smallest absolute Gasteiger partial charge is 0.225 e. The molecule has 1 aromatic carbocycles. The molecule has 0 saturated carbocycles. The van der Waals surface area contributed by atoms with Crippen LogP contribution in [0.3, 0.4) is 0 Å². The lowest BCUT2D eigenvalue weighted by Crippen LogP contribution is -2.26. The van der Waals surface area contributed by atoms with E-state index in [1.165, 1.54) is 11.8 Å². The third kappa shape index (κ3) is 5.38. The van der Waals surface area contributed by atoms with Gasteiger partial charge in [-0.05, 0) is 61.5 Å². The van der Waals surface area contributed by atoms with E-state index < -0.39 is 0 Å². The van der Waals surface area contributed by atoms with Crippen LogP contribution in [-0.4, -0.2) is 66.4 Å². The number of nitrogens with zero attached hydrogens (tertiary/aromatic N) is 5. The number of aromatic amines is 1. The molecule has 1 atom stereocenters. The molecule has 1 aliphatic heterocycles. The number of benzene rings is 1. The summed E-state index contributed by atoms with van der Waals surface area (Å²) < 4.78 is 1.78. The van der Waals surface area contributed by atoms with Crippen LogP contribution in [0.5, 0.6) is 0 Å². The van der Waals surface area contributed by atoms with Gasteiger partial charge < -0.3 is 20.6 Å². The number of carbonyl (C=O) groups excluding carboxylic acids is 1. The Bertz CT molecular complexity index is 1290. The van der Waals surface area contributed by atoms with Gasteiger partial charge in [0.2, 0.25) is 11.1 Å². The number of likely N-dealkylation sites (tertiary alicyclic amines) is 1. The van der Waals surface area contributed by atoms with Gasteiger partial charge in [-0.2, -0.15) is 5.10 Å². The summed E-state index contributed by atoms with van der Waals surface area (Å²) in [4.78, 5) is 20.0. The summed E-state index contributed by atoms with van der Waals surface area (Å²) in [6.45, 7) is 4.09. The Hall–Kier alpha value is -3.41. The first-order valence-corrected chi connectivity index (χ1v) is 12.0. The van der Waals surface area contributed by atoms with Crippen LogP contribution in [0.15, 0.2) is 58.7 Å². The zero-order valence-corrected chi connectivity index (χ0v) is 19.5. The average Bonchev–Trinajstić information content (AvgIpc) is 3.55. The zero-order chi connectivity index (χ0) is 23.5. The predicted molar refractivity (Wildman–Crippen MR) is 130 cm³/mol. The lowest BCUT2D eigenvalue weighted by molar-refractivity contribution is -0.116. The maximum atomic E-state index is 12.3. The largest absolute Gasteiger partial charge is 0.392 e. The minimum Gasteiger partial charge on any atom is -0.392 e. The van der Waals surface area contributed by atoms with Crippen molar-refractivity contribution in [2.24, 2.45) is 0 Å². The molecule has 1 amide bonds. The molecule has 3 aromatic heterocycles. The minimum absolute atomic E-state index is 0.0347. The number of fused-ring (bicyclic) bond motifs is 1. The Morgan fingerprint density at radius 1 is 1.29 bits per heavy atom. The second-order valence-corrected chi connectivity index (χ2v) is 9.35. The summed E-state index contributed by atoms with van der Waals surface area (Å²) in [5.41, 5.74) is 2.56. The molecule has 4 heterocycles. The van der Waals surface area contributed by atoms with Gasteiger partial charge in [-0.3, -0.25) is 9.89 Å². The number of hydrogen-bond donors (Lipinski definition) is 4. The molecule has 0 radical (unpaired) electrons. The van der Waals surface area contributed by atoms with Crippen LogP contribution < -0.4 is 10.6 Å². The molecule has 1 unspecified atom stereocenters. The van der Waals surface area contributed by atoms with E-state index in [0.717, 1.165) is 34.8 Å². The average molecular weight is 479 g/mol. The number of carbonyl (C=O) groups is 1. The molecule has 5 rings (SSSR count). The van der Waals surface area contributed by atoms with E-state index in [-0.39, 0.29) is 12.0 Å². The van der Waals surface area contributed by atoms with Gasteiger partial charge in [0.25, 0.3) is 0 Å². The first-order valence-electron chi connectivity index (χ1n) is 11.1. The van der Waals surface area contributed by atoms with Gasteiger partial charge in [-0.25, -0.2) is 9.50 Å². The number of anilines is 3. The lowest BCUT2D eigenvalue weighted by atomic mass is 10.3. The Kier molecular flexibility index (Phi) is 6.48. The first kappa shape index (κ1) is 22.4. The summed E-state index contributed by atoms with van der Waals surface area (Å²) in [7, 11) is 0. The van der Waals surface area contributed by atoms with E-state index in [0.29, 0.717) is 36.3 Å². The SMILES string of the molecule is Cc1cc(Nc2nc(Sc3ccc(NC(=O)CCN4CCC(O)C4)cc3)nn3cccc23)n[nH]1. The van der Waals surface area contributed by atoms with E-state index in [1.54, 1.807) is 4.52 Å². The van der Waals surface area contributed by atoms with Crippen molar-refractivity contribution in [3.05, 3.63) is 54.4 Å². The van der Waals surface area contributed by atoms with Crippen molar-refractivity contribution in [1.82, 2.24) is 29.7 Å². The standard InChI is InChI=1S/C23H26N8O2S/c1-15-13-20(28-27-15)25-22-19-3-2-10-31(19)29-23(26-22)34-18-6-4-16(5-7-18)24-21(33)9-12-30-11-8-17(32)14-30/h2-7,10,13,17,32H,8-9,11-12,14H2,1H3,(H,24,33)(H2,25,26,27,28,29). The van der Waals surface area contributed by atoms with Crippen LogP contribution in [-0.2, 0) is 4.79 Å². The lowest BCUT2D eigenvalue weighted by Gasteiger charge is -2.14. The molecule has 0 aliphatic carbocycles. The van der Waals surface area contributed by atoms with Gasteiger partial charge in [0.1, 0.15) is 5.52 Å². The normalized spacial score (nSPS) is 16.2. The number of β-amino-alcohol motifs (C(OH)–C–C–N with tert-alkyl or cyclic N) is 1. The van der Waals surface area contributed by atoms with Crippen molar-refractivity contribution in [2.75, 3.05) is 30.3 Å². The van der Waals surface area contributed by atoms with Crippen molar-refractivity contribution < 1.29 is 9.90 Å². The second kappa shape index (κ2) is 9.84. The van der Waals surface area contributed by atoms with Crippen LogP contribution in [0.2, 0.25) is 0 Å². The Labute approximate surface area is 200 Å². The number of nitrogens with one attached hydrogen (secondary N) is 3. The van der Waals surface area contributed by atoms with E-state index in [2.05, 4.69) is 35.8 Å². The van der Waals surface area contributed by atoms with Crippen LogP contribution in [0, 0.1) is 6.92 Å². The van der Waals surface area contributed by atoms with Gasteiger partial charge in [0, 0.05) is 54.6 Å². The van der Waals surface area contributed by atoms with Crippen LogP contribution in [0.4, 0.5) is 17.3 Å². The summed E-state index contributed by atoms with van der Waals surface area (Å²) in [6, 6.07) is 13.4. The molecule has 0 bridgehead atoms. The molecule has 4 aromatic rings. The summed E-state index contributed by atoms with van der Waals surface area (Å²) >= 11 is 1.44. The van der Waals surface area contributed by atoms with Crippen molar-refractivity contribution in [2.45, 2.75) is 35.9 Å². The highest BCUT2D eigenvalue weighted by Crippen LogP contribution is 2.29. The maximum absolute atomic E-state index is 12.3. The van der Waals surface area contributed by atoms with Gasteiger partial charge >= 0.3 is 0 Å². The number of rotatable bonds is 8. The third-order valence-electron chi connectivity index (χ3n) is 5.57. The molecular weight excluding hydrogens is 452 g/mol.